The first kappa shape index (κ1) is 23.3. The Morgan fingerprint density at radius 3 is 2.72 bits per heavy atom. The van der Waals surface area contributed by atoms with Gasteiger partial charge in [0.05, 0.1) is 16.1 Å². The molecule has 0 aromatic heterocycles. The second kappa shape index (κ2) is 11.2. The molecule has 1 amide bonds. The van der Waals surface area contributed by atoms with E-state index in [1.165, 1.54) is 0 Å². The van der Waals surface area contributed by atoms with Crippen molar-refractivity contribution in [3.63, 3.8) is 0 Å². The molecule has 0 radical (unpaired) electrons. The summed E-state index contributed by atoms with van der Waals surface area (Å²) in [5.74, 6) is 0.264. The molecule has 0 spiro atoms. The molecule has 1 aliphatic rings. The average molecular weight is 439 g/mol. The Bertz CT molecular complexity index is 828. The second-order valence-electron chi connectivity index (χ2n) is 6.74. The van der Waals surface area contributed by atoms with Crippen molar-refractivity contribution in [2.24, 2.45) is 10.7 Å². The van der Waals surface area contributed by atoms with Crippen LogP contribution < -0.4 is 16.4 Å². The molecule has 1 fully saturated rings. The van der Waals surface area contributed by atoms with Gasteiger partial charge in [0, 0.05) is 31.5 Å². The highest BCUT2D eigenvalue weighted by atomic mass is 35.5. The third-order valence-corrected chi connectivity index (χ3v) is 5.37. The minimum absolute atomic E-state index is 0.155. The summed E-state index contributed by atoms with van der Waals surface area (Å²) in [6, 6.07) is 5.41. The van der Waals surface area contributed by atoms with Gasteiger partial charge in [-0.05, 0) is 50.0 Å². The normalized spacial score (nSPS) is 18.4. The van der Waals surface area contributed by atoms with Gasteiger partial charge in [-0.2, -0.15) is 0 Å². The lowest BCUT2D eigenvalue weighted by molar-refractivity contribution is -0.114. The van der Waals surface area contributed by atoms with Gasteiger partial charge in [-0.3, -0.25) is 9.79 Å². The van der Waals surface area contributed by atoms with Gasteiger partial charge in [0.15, 0.2) is 0 Å². The summed E-state index contributed by atoms with van der Waals surface area (Å²) in [4.78, 5) is 17.0. The number of halogens is 2. The van der Waals surface area contributed by atoms with E-state index < -0.39 is 0 Å². The number of hydrogen-bond acceptors (Lipinski definition) is 5. The third kappa shape index (κ3) is 6.49. The van der Waals surface area contributed by atoms with E-state index >= 15 is 0 Å². The number of nitrogens with two attached hydrogens (primary N) is 1. The van der Waals surface area contributed by atoms with Crippen molar-refractivity contribution in [2.75, 3.05) is 13.7 Å². The number of nitrogens with one attached hydrogen (secondary N) is 2. The largest absolute Gasteiger partial charge is 0.400 e. The summed E-state index contributed by atoms with van der Waals surface area (Å²) in [5.41, 5.74) is 8.65. The van der Waals surface area contributed by atoms with E-state index in [-0.39, 0.29) is 17.7 Å². The predicted molar refractivity (Wildman–Crippen MR) is 119 cm³/mol. The predicted octanol–water partition coefficient (Wildman–Crippen LogP) is 3.93. The Balaban J connectivity index is 2.07. The van der Waals surface area contributed by atoms with Crippen LogP contribution in [0.5, 0.6) is 0 Å². The van der Waals surface area contributed by atoms with Crippen LogP contribution in [0.4, 0.5) is 0 Å². The number of carbonyl (C=O) groups excluding carboxylic acids is 1. The highest BCUT2D eigenvalue weighted by Crippen LogP contribution is 2.22. The number of amides is 1. The fourth-order valence-corrected chi connectivity index (χ4v) is 3.36. The summed E-state index contributed by atoms with van der Waals surface area (Å²) in [7, 11) is 1.58. The fraction of sp³-hybridized carbons (Fsp3) is 0.429. The first-order valence-electron chi connectivity index (χ1n) is 9.61. The molecule has 0 bridgehead atoms. The maximum absolute atomic E-state index is 12.8. The molecule has 158 valence electrons. The number of aliphatic imine (C=N–C) groups is 1. The van der Waals surface area contributed by atoms with Crippen LogP contribution in [0, 0.1) is 0 Å². The monoisotopic (exact) mass is 438 g/mol. The topological polar surface area (TPSA) is 88.7 Å². The molecule has 1 aliphatic heterocycles. The molecule has 0 aliphatic carbocycles. The lowest BCUT2D eigenvalue weighted by atomic mass is 10.0. The van der Waals surface area contributed by atoms with Gasteiger partial charge in [0.1, 0.15) is 11.5 Å². The zero-order valence-electron chi connectivity index (χ0n) is 17.0. The van der Waals surface area contributed by atoms with Gasteiger partial charge < -0.3 is 21.1 Å². The molecular weight excluding hydrogens is 411 g/mol. The molecule has 29 heavy (non-hydrogen) atoms. The molecule has 2 rings (SSSR count). The minimum atomic E-state index is -0.327. The van der Waals surface area contributed by atoms with Crippen LogP contribution >= 0.6 is 23.2 Å². The van der Waals surface area contributed by atoms with Crippen molar-refractivity contribution in [3.8, 4) is 0 Å². The van der Waals surface area contributed by atoms with Crippen molar-refractivity contribution >= 4 is 34.8 Å². The maximum atomic E-state index is 12.8. The van der Waals surface area contributed by atoms with E-state index in [0.717, 1.165) is 24.8 Å². The number of hydrogen-bond donors (Lipinski definition) is 3. The van der Waals surface area contributed by atoms with E-state index in [4.69, 9.17) is 33.7 Å². The summed E-state index contributed by atoms with van der Waals surface area (Å²) in [5, 5.41) is 7.09. The molecule has 1 aromatic rings. The molecule has 4 N–H and O–H groups in total. The fourth-order valence-electron chi connectivity index (χ4n) is 3.04. The quantitative estimate of drug-likeness (QED) is 0.536. The minimum Gasteiger partial charge on any atom is -0.400 e. The number of carbonyl (C=O) groups is 1. The van der Waals surface area contributed by atoms with Crippen molar-refractivity contribution in [2.45, 2.75) is 45.8 Å². The van der Waals surface area contributed by atoms with Gasteiger partial charge in [-0.15, -0.1) is 0 Å². The lowest BCUT2D eigenvalue weighted by Gasteiger charge is -2.17. The molecule has 1 saturated heterocycles. The van der Waals surface area contributed by atoms with Gasteiger partial charge in [0.2, 0.25) is 0 Å². The van der Waals surface area contributed by atoms with Crippen LogP contribution in [-0.4, -0.2) is 31.4 Å². The first-order valence-corrected chi connectivity index (χ1v) is 10.4. The van der Waals surface area contributed by atoms with Gasteiger partial charge in [-0.25, -0.2) is 0 Å². The molecule has 8 heteroatoms. The summed E-state index contributed by atoms with van der Waals surface area (Å²) in [6.07, 6.45) is 4.30. The molecule has 6 nitrogen and oxygen atoms in total. The zero-order valence-corrected chi connectivity index (χ0v) is 18.5. The van der Waals surface area contributed by atoms with Crippen molar-refractivity contribution in [1.29, 1.82) is 0 Å². The standard InChI is InChI=1S/C21H28Cl2N4O2/c1-4-6-18(26-12-14-8-9-15(22)16(23)11-14)27-21(28)20(25-3)13(2)19(24)17-7-5-10-29-17/h6,8-9,11,17,26H,4-5,7,10,12,24H2,1-3H3,(H,27,28)/b18-6+,19-13?,25-20?. The molecule has 1 atom stereocenters. The first-order chi connectivity index (χ1) is 13.9. The highest BCUT2D eigenvalue weighted by molar-refractivity contribution is 6.45. The SMILES string of the molecule is CC/C=C(\NCc1ccc(Cl)c(Cl)c1)NC(=O)C(=NC)C(C)=C(N)C1CCCO1. The number of rotatable bonds is 8. The van der Waals surface area contributed by atoms with Crippen LogP contribution in [0.15, 0.2) is 46.4 Å². The Morgan fingerprint density at radius 1 is 1.38 bits per heavy atom. The lowest BCUT2D eigenvalue weighted by Crippen LogP contribution is -2.37. The second-order valence-corrected chi connectivity index (χ2v) is 7.55. The Morgan fingerprint density at radius 2 is 2.14 bits per heavy atom. The van der Waals surface area contributed by atoms with Crippen LogP contribution in [0.3, 0.4) is 0 Å². The smallest absolute Gasteiger partial charge is 0.275 e. The van der Waals surface area contributed by atoms with Gasteiger partial charge in [-0.1, -0.05) is 36.2 Å². The van der Waals surface area contributed by atoms with Crippen molar-refractivity contribution in [3.05, 3.63) is 57.0 Å². The molecular formula is C21H28Cl2N4O2. The summed E-state index contributed by atoms with van der Waals surface area (Å²) in [6.45, 7) is 4.95. The van der Waals surface area contributed by atoms with Gasteiger partial charge >= 0.3 is 0 Å². The number of allylic oxidation sites excluding steroid dienone is 1. The van der Waals surface area contributed by atoms with E-state index in [1.807, 2.05) is 19.1 Å². The van der Waals surface area contributed by atoms with E-state index in [9.17, 15) is 4.79 Å². The average Bonchev–Trinajstić information content (AvgIpc) is 3.23. The highest BCUT2D eigenvalue weighted by Gasteiger charge is 2.24. The number of benzene rings is 1. The van der Waals surface area contributed by atoms with Crippen LogP contribution in [-0.2, 0) is 16.1 Å². The van der Waals surface area contributed by atoms with Gasteiger partial charge in [0.25, 0.3) is 5.91 Å². The zero-order chi connectivity index (χ0) is 21.4. The molecule has 1 unspecified atom stereocenters. The van der Waals surface area contributed by atoms with Crippen LogP contribution in [0.2, 0.25) is 10.0 Å². The van der Waals surface area contributed by atoms with E-state index in [2.05, 4.69) is 15.6 Å². The van der Waals surface area contributed by atoms with Crippen molar-refractivity contribution < 1.29 is 9.53 Å². The van der Waals surface area contributed by atoms with Crippen LogP contribution in [0.1, 0.15) is 38.7 Å². The third-order valence-electron chi connectivity index (χ3n) is 4.63. The Kier molecular flexibility index (Phi) is 9.01. The van der Waals surface area contributed by atoms with E-state index in [0.29, 0.717) is 40.3 Å². The number of nitrogens with zero attached hydrogens (tertiary/aromatic N) is 1. The Hall–Kier alpha value is -2.02. The van der Waals surface area contributed by atoms with Crippen LogP contribution in [0.25, 0.3) is 0 Å². The van der Waals surface area contributed by atoms with Crippen molar-refractivity contribution in [1.82, 2.24) is 10.6 Å². The molecule has 1 heterocycles. The summed E-state index contributed by atoms with van der Waals surface area (Å²) < 4.78 is 5.62. The molecule has 0 saturated carbocycles. The summed E-state index contributed by atoms with van der Waals surface area (Å²) >= 11 is 12.0. The molecule has 1 aromatic carbocycles. The number of ether oxygens (including phenoxy) is 1. The maximum Gasteiger partial charge on any atom is 0.275 e. The van der Waals surface area contributed by atoms with E-state index in [1.54, 1.807) is 26.1 Å². The Labute approximate surface area is 182 Å².